The Morgan fingerprint density at radius 1 is 1.15 bits per heavy atom. The summed E-state index contributed by atoms with van der Waals surface area (Å²) in [6.07, 6.45) is 0. The fourth-order valence-electron chi connectivity index (χ4n) is 4.55. The first-order chi connectivity index (χ1) is 15.9. The maximum atomic E-state index is 10.9. The van der Waals surface area contributed by atoms with Crippen molar-refractivity contribution >= 4 is 28.7 Å². The molecule has 0 saturated carbocycles. The smallest absolute Gasteiger partial charge is 0.273 e. The van der Waals surface area contributed by atoms with Crippen LogP contribution >= 0.6 is 11.6 Å². The molecular weight excluding hydrogens is 444 g/mol. The molecule has 2 aromatic rings. The number of hydrogen-bond acceptors (Lipinski definition) is 7. The number of nitrogens with zero attached hydrogens (tertiary/aromatic N) is 5. The van der Waals surface area contributed by atoms with E-state index in [2.05, 4.69) is 27.4 Å². The molecule has 3 heterocycles. The number of quaternary nitrogens is 1. The Hall–Kier alpha value is -2.59. The third-order valence-electron chi connectivity index (χ3n) is 6.82. The molecular formula is C23H30ClN6O3+. The molecule has 0 amide bonds. The zero-order chi connectivity index (χ0) is 23.4. The molecule has 5 rings (SSSR count). The van der Waals surface area contributed by atoms with Crippen molar-refractivity contribution < 1.29 is 14.1 Å². The van der Waals surface area contributed by atoms with Crippen molar-refractivity contribution in [1.82, 2.24) is 10.2 Å². The summed E-state index contributed by atoms with van der Waals surface area (Å²) in [4.78, 5) is 13.0. The SMILES string of the molecule is COc1cc([N+](=O)[O-])ccc1N=Nc1ccc(C(C)NCC[N+]23CCN(CC2)CC3)cc1Cl. The van der Waals surface area contributed by atoms with Gasteiger partial charge in [0, 0.05) is 38.3 Å². The molecule has 1 N–H and O–H groups in total. The summed E-state index contributed by atoms with van der Waals surface area (Å²) in [6, 6.07) is 10.1. The summed E-state index contributed by atoms with van der Waals surface area (Å²) in [5.74, 6) is 0.278. The summed E-state index contributed by atoms with van der Waals surface area (Å²) in [6.45, 7) is 11.8. The lowest BCUT2D eigenvalue weighted by atomic mass is 10.1. The lowest BCUT2D eigenvalue weighted by Gasteiger charge is -2.50. The number of methoxy groups -OCH3 is 1. The van der Waals surface area contributed by atoms with Crippen molar-refractivity contribution in [2.45, 2.75) is 13.0 Å². The molecule has 3 fully saturated rings. The first-order valence-electron chi connectivity index (χ1n) is 11.2. The van der Waals surface area contributed by atoms with E-state index in [0.29, 0.717) is 16.4 Å². The van der Waals surface area contributed by atoms with E-state index in [1.54, 1.807) is 0 Å². The Morgan fingerprint density at radius 3 is 2.45 bits per heavy atom. The number of benzene rings is 2. The number of ether oxygens (including phenoxy) is 1. The zero-order valence-corrected chi connectivity index (χ0v) is 19.8. The molecule has 176 valence electrons. The van der Waals surface area contributed by atoms with Crippen LogP contribution in [0.4, 0.5) is 17.1 Å². The van der Waals surface area contributed by atoms with Gasteiger partial charge in [-0.3, -0.25) is 15.0 Å². The molecule has 10 heteroatoms. The zero-order valence-electron chi connectivity index (χ0n) is 19.0. The lowest BCUT2D eigenvalue weighted by Crippen LogP contribution is -2.68. The number of rotatable bonds is 9. The van der Waals surface area contributed by atoms with Gasteiger partial charge in [0.25, 0.3) is 5.69 Å². The molecule has 0 spiro atoms. The molecule has 0 aromatic heterocycles. The van der Waals surface area contributed by atoms with Gasteiger partial charge in [0.2, 0.25) is 0 Å². The third-order valence-corrected chi connectivity index (χ3v) is 7.12. The molecule has 1 atom stereocenters. The van der Waals surface area contributed by atoms with Crippen molar-refractivity contribution in [2.75, 3.05) is 59.5 Å². The number of nitro groups is 1. The van der Waals surface area contributed by atoms with Crippen LogP contribution in [0.5, 0.6) is 5.75 Å². The van der Waals surface area contributed by atoms with Crippen LogP contribution in [0.2, 0.25) is 5.02 Å². The van der Waals surface area contributed by atoms with Gasteiger partial charge in [-0.05, 0) is 30.7 Å². The molecule has 3 saturated heterocycles. The van der Waals surface area contributed by atoms with Crippen LogP contribution in [0.25, 0.3) is 0 Å². The highest BCUT2D eigenvalue weighted by molar-refractivity contribution is 6.33. The van der Waals surface area contributed by atoms with E-state index in [-0.39, 0.29) is 17.5 Å². The number of halogens is 1. The molecule has 3 aliphatic heterocycles. The van der Waals surface area contributed by atoms with E-state index in [0.717, 1.165) is 18.7 Å². The van der Waals surface area contributed by atoms with Crippen LogP contribution in [0, 0.1) is 10.1 Å². The number of piperazine rings is 3. The van der Waals surface area contributed by atoms with Gasteiger partial charge < -0.3 is 14.5 Å². The van der Waals surface area contributed by atoms with Crippen molar-refractivity contribution in [3.05, 3.63) is 57.1 Å². The molecule has 9 nitrogen and oxygen atoms in total. The summed E-state index contributed by atoms with van der Waals surface area (Å²) in [5.41, 5.74) is 1.94. The van der Waals surface area contributed by atoms with Gasteiger partial charge in [-0.1, -0.05) is 17.7 Å². The standard InChI is InChI=1S/C23H30ClN6O3/c1-17(25-7-11-30-12-8-28(9-13-30)10-14-30)18-3-5-21(20(24)15-18)26-27-22-6-4-19(29(31)32)16-23(22)33-2/h3-6,15-17,25H,7-14H2,1-2H3/q+1. The number of nitrogens with one attached hydrogen (secondary N) is 1. The maximum Gasteiger partial charge on any atom is 0.273 e. The molecule has 3 aliphatic rings. The van der Waals surface area contributed by atoms with Gasteiger partial charge >= 0.3 is 0 Å². The van der Waals surface area contributed by atoms with Gasteiger partial charge in [0.05, 0.1) is 49.3 Å². The Kier molecular flexibility index (Phi) is 7.23. The maximum absolute atomic E-state index is 10.9. The Balaban J connectivity index is 1.37. The molecule has 0 aliphatic carbocycles. The molecule has 2 bridgehead atoms. The topological polar surface area (TPSA) is 92.4 Å². The van der Waals surface area contributed by atoms with Gasteiger partial charge in [-0.15, -0.1) is 10.2 Å². The first kappa shape index (κ1) is 23.6. The minimum absolute atomic E-state index is 0.0676. The Labute approximate surface area is 198 Å². The number of azo groups is 1. The third kappa shape index (κ3) is 5.50. The van der Waals surface area contributed by atoms with Crippen molar-refractivity contribution in [3.63, 3.8) is 0 Å². The van der Waals surface area contributed by atoms with Crippen LogP contribution in [-0.4, -0.2) is 73.8 Å². The predicted octanol–water partition coefficient (Wildman–Crippen LogP) is 4.47. The van der Waals surface area contributed by atoms with Crippen LogP contribution in [0.3, 0.4) is 0 Å². The average Bonchev–Trinajstić information content (AvgIpc) is 2.84. The summed E-state index contributed by atoms with van der Waals surface area (Å²) in [7, 11) is 1.43. The fraction of sp³-hybridized carbons (Fsp3) is 0.478. The van der Waals surface area contributed by atoms with Crippen molar-refractivity contribution in [3.8, 4) is 5.75 Å². The highest BCUT2D eigenvalue weighted by atomic mass is 35.5. The van der Waals surface area contributed by atoms with Crippen LogP contribution in [-0.2, 0) is 0 Å². The Bertz CT molecular complexity index is 1030. The van der Waals surface area contributed by atoms with Gasteiger partial charge in [0.15, 0.2) is 5.75 Å². The Morgan fingerprint density at radius 2 is 1.82 bits per heavy atom. The van der Waals surface area contributed by atoms with Gasteiger partial charge in [0.1, 0.15) is 11.4 Å². The van der Waals surface area contributed by atoms with E-state index in [1.807, 2.05) is 18.2 Å². The highest BCUT2D eigenvalue weighted by Crippen LogP contribution is 2.34. The molecule has 33 heavy (non-hydrogen) atoms. The monoisotopic (exact) mass is 473 g/mol. The lowest BCUT2D eigenvalue weighted by molar-refractivity contribution is -0.939. The van der Waals surface area contributed by atoms with E-state index in [9.17, 15) is 10.1 Å². The largest absolute Gasteiger partial charge is 0.494 e. The normalized spacial score (nSPS) is 23.1. The quantitative estimate of drug-likeness (QED) is 0.251. The number of non-ortho nitro benzene ring substituents is 1. The second-order valence-electron chi connectivity index (χ2n) is 8.78. The average molecular weight is 474 g/mol. The van der Waals surface area contributed by atoms with Crippen LogP contribution in [0.15, 0.2) is 46.6 Å². The van der Waals surface area contributed by atoms with Gasteiger partial charge in [-0.25, -0.2) is 0 Å². The van der Waals surface area contributed by atoms with E-state index in [1.165, 1.54) is 69.1 Å². The second-order valence-corrected chi connectivity index (χ2v) is 9.18. The van der Waals surface area contributed by atoms with Crippen LogP contribution < -0.4 is 10.1 Å². The number of nitro benzene ring substituents is 1. The van der Waals surface area contributed by atoms with E-state index < -0.39 is 4.92 Å². The summed E-state index contributed by atoms with van der Waals surface area (Å²) < 4.78 is 6.44. The van der Waals surface area contributed by atoms with Crippen LogP contribution in [0.1, 0.15) is 18.5 Å². The second kappa shape index (κ2) is 10.1. The van der Waals surface area contributed by atoms with Crippen molar-refractivity contribution in [2.24, 2.45) is 10.2 Å². The minimum Gasteiger partial charge on any atom is -0.494 e. The minimum atomic E-state index is -0.482. The van der Waals surface area contributed by atoms with E-state index >= 15 is 0 Å². The van der Waals surface area contributed by atoms with E-state index in [4.69, 9.17) is 16.3 Å². The highest BCUT2D eigenvalue weighted by Gasteiger charge is 2.37. The molecule has 2 aromatic carbocycles. The first-order valence-corrected chi connectivity index (χ1v) is 11.6. The van der Waals surface area contributed by atoms with Crippen molar-refractivity contribution in [1.29, 1.82) is 0 Å². The number of fused-ring (bicyclic) bond motifs is 3. The molecule has 0 radical (unpaired) electrons. The summed E-state index contributed by atoms with van der Waals surface area (Å²) >= 11 is 6.48. The molecule has 1 unspecified atom stereocenters. The summed E-state index contributed by atoms with van der Waals surface area (Å²) in [5, 5.41) is 23.5. The predicted molar refractivity (Wildman–Crippen MR) is 128 cm³/mol. The fourth-order valence-corrected chi connectivity index (χ4v) is 4.77. The van der Waals surface area contributed by atoms with Gasteiger partial charge in [-0.2, -0.15) is 0 Å². The number of hydrogen-bond donors (Lipinski definition) is 1.